The largest absolute Gasteiger partial charge is 0.310 e. The minimum Gasteiger partial charge on any atom is -0.310 e. The van der Waals surface area contributed by atoms with Crippen molar-refractivity contribution >= 4 is 97.1 Å². The normalized spacial score (nSPS) is 11.5. The Morgan fingerprint density at radius 2 is 0.936 bits per heavy atom. The zero-order chi connectivity index (χ0) is 31.3. The lowest BCUT2D eigenvalue weighted by atomic mass is 10.0. The van der Waals surface area contributed by atoms with Crippen LogP contribution in [0.15, 0.2) is 164 Å². The summed E-state index contributed by atoms with van der Waals surface area (Å²) in [7, 11) is 0. The van der Waals surface area contributed by atoms with Crippen LogP contribution in [0.1, 0.15) is 5.56 Å². The molecule has 0 atom stereocenters. The molecular formula is C43H30N2S2. The lowest BCUT2D eigenvalue weighted by molar-refractivity contribution is 1.29. The number of rotatable bonds is 6. The van der Waals surface area contributed by atoms with Gasteiger partial charge in [-0.2, -0.15) is 0 Å². The highest BCUT2D eigenvalue weighted by Crippen LogP contribution is 2.47. The van der Waals surface area contributed by atoms with Crippen molar-refractivity contribution in [3.8, 4) is 0 Å². The monoisotopic (exact) mass is 638 g/mol. The van der Waals surface area contributed by atoms with E-state index in [1.54, 1.807) is 0 Å². The van der Waals surface area contributed by atoms with E-state index in [1.807, 2.05) is 22.7 Å². The van der Waals surface area contributed by atoms with Gasteiger partial charge < -0.3 is 9.80 Å². The topological polar surface area (TPSA) is 6.48 Å². The second-order valence-electron chi connectivity index (χ2n) is 11.8. The molecule has 0 unspecified atom stereocenters. The van der Waals surface area contributed by atoms with E-state index in [1.165, 1.54) is 57.3 Å². The van der Waals surface area contributed by atoms with Crippen LogP contribution in [0.5, 0.6) is 0 Å². The third-order valence-corrected chi connectivity index (χ3v) is 11.2. The highest BCUT2D eigenvalue weighted by molar-refractivity contribution is 7.26. The van der Waals surface area contributed by atoms with Crippen LogP contribution in [0.3, 0.4) is 0 Å². The van der Waals surface area contributed by atoms with Gasteiger partial charge in [-0.1, -0.05) is 78.9 Å². The molecule has 9 aromatic rings. The molecule has 2 aromatic heterocycles. The molecule has 0 amide bonds. The van der Waals surface area contributed by atoms with Crippen LogP contribution in [0.2, 0.25) is 0 Å². The van der Waals surface area contributed by atoms with Gasteiger partial charge in [-0.25, -0.2) is 0 Å². The number of hydrogen-bond acceptors (Lipinski definition) is 4. The number of thiophene rings is 2. The average molecular weight is 639 g/mol. The van der Waals surface area contributed by atoms with E-state index in [0.717, 1.165) is 22.7 Å². The van der Waals surface area contributed by atoms with Crippen LogP contribution in [-0.2, 0) is 0 Å². The summed E-state index contributed by atoms with van der Waals surface area (Å²) in [6.45, 7) is 2.26. The molecule has 0 N–H and O–H groups in total. The third-order valence-electron chi connectivity index (χ3n) is 8.92. The van der Waals surface area contributed by atoms with Gasteiger partial charge in [0.2, 0.25) is 0 Å². The molecule has 9 rings (SSSR count). The Morgan fingerprint density at radius 3 is 1.64 bits per heavy atom. The molecule has 2 heterocycles. The van der Waals surface area contributed by atoms with Crippen LogP contribution < -0.4 is 9.80 Å². The Bertz CT molecular complexity index is 2490. The minimum absolute atomic E-state index is 1.14. The summed E-state index contributed by atoms with van der Waals surface area (Å²) in [5, 5.41) is 5.22. The smallest absolute Gasteiger partial charge is 0.0554 e. The number of aryl methyl sites for hydroxylation is 1. The first-order chi connectivity index (χ1) is 23.2. The molecule has 0 spiro atoms. The highest BCUT2D eigenvalue weighted by Gasteiger charge is 2.21. The second kappa shape index (κ2) is 11.4. The van der Waals surface area contributed by atoms with Gasteiger partial charge in [0.05, 0.1) is 5.69 Å². The molecular weight excluding hydrogens is 609 g/mol. The van der Waals surface area contributed by atoms with Crippen molar-refractivity contribution in [1.82, 2.24) is 0 Å². The average Bonchev–Trinajstić information content (AvgIpc) is 3.69. The van der Waals surface area contributed by atoms with Gasteiger partial charge in [-0.05, 0) is 97.4 Å². The van der Waals surface area contributed by atoms with E-state index >= 15 is 0 Å². The molecule has 4 heteroatoms. The highest BCUT2D eigenvalue weighted by atomic mass is 32.1. The van der Waals surface area contributed by atoms with Gasteiger partial charge in [0.15, 0.2) is 0 Å². The van der Waals surface area contributed by atoms with Gasteiger partial charge >= 0.3 is 0 Å². The standard InChI is InChI=1S/C43H30N2S2/c1-29-26-34(45(32-18-9-4-10-19-32)37-21-13-23-40-43(37)35-20-11-12-22-38(35)46-40)28-41-42(29)36-27-33(24-25-39(36)47-41)44(30-14-5-2-6-15-30)31-16-7-3-8-17-31/h2-28H,1H3. The van der Waals surface area contributed by atoms with E-state index in [9.17, 15) is 0 Å². The molecule has 224 valence electrons. The molecule has 0 saturated carbocycles. The fraction of sp³-hybridized carbons (Fsp3) is 0.0233. The summed E-state index contributed by atoms with van der Waals surface area (Å²) in [5.41, 5.74) is 8.24. The van der Waals surface area contributed by atoms with Crippen molar-refractivity contribution in [2.24, 2.45) is 0 Å². The Hall–Kier alpha value is -5.42. The summed E-state index contributed by atoms with van der Waals surface area (Å²) in [4.78, 5) is 4.78. The van der Waals surface area contributed by atoms with Gasteiger partial charge in [-0.3, -0.25) is 0 Å². The number of hydrogen-bond donors (Lipinski definition) is 0. The number of benzene rings is 7. The number of fused-ring (bicyclic) bond motifs is 6. The second-order valence-corrected chi connectivity index (χ2v) is 14.0. The molecule has 0 aliphatic heterocycles. The summed E-state index contributed by atoms with van der Waals surface area (Å²) >= 11 is 3.74. The first-order valence-electron chi connectivity index (χ1n) is 15.9. The summed E-state index contributed by atoms with van der Waals surface area (Å²) in [5.74, 6) is 0. The van der Waals surface area contributed by atoms with Crippen molar-refractivity contribution < 1.29 is 0 Å². The molecule has 0 aliphatic carbocycles. The quantitative estimate of drug-likeness (QED) is 0.179. The lowest BCUT2D eigenvalue weighted by Gasteiger charge is -2.27. The maximum absolute atomic E-state index is 2.44. The van der Waals surface area contributed by atoms with Gasteiger partial charge in [0.25, 0.3) is 0 Å². The van der Waals surface area contributed by atoms with Crippen molar-refractivity contribution in [2.75, 3.05) is 9.80 Å². The van der Waals surface area contributed by atoms with Crippen molar-refractivity contribution in [2.45, 2.75) is 6.92 Å². The first kappa shape index (κ1) is 27.9. The zero-order valence-corrected chi connectivity index (χ0v) is 27.4. The van der Waals surface area contributed by atoms with Crippen LogP contribution in [0.25, 0.3) is 40.3 Å². The predicted octanol–water partition coefficient (Wildman–Crippen LogP) is 13.7. The maximum Gasteiger partial charge on any atom is 0.0554 e. The zero-order valence-electron chi connectivity index (χ0n) is 25.8. The molecule has 0 aliphatic rings. The molecule has 47 heavy (non-hydrogen) atoms. The number of anilines is 6. The van der Waals surface area contributed by atoms with Crippen molar-refractivity contribution in [1.29, 1.82) is 0 Å². The van der Waals surface area contributed by atoms with Crippen LogP contribution in [0.4, 0.5) is 34.1 Å². The van der Waals surface area contributed by atoms with E-state index in [0.29, 0.717) is 0 Å². The Morgan fingerprint density at radius 1 is 0.362 bits per heavy atom. The van der Waals surface area contributed by atoms with Gasteiger partial charge in [0, 0.05) is 68.8 Å². The Labute approximate surface area is 282 Å². The molecule has 0 radical (unpaired) electrons. The fourth-order valence-corrected chi connectivity index (χ4v) is 9.22. The van der Waals surface area contributed by atoms with Crippen molar-refractivity contribution in [3.63, 3.8) is 0 Å². The van der Waals surface area contributed by atoms with Gasteiger partial charge in [0.1, 0.15) is 0 Å². The van der Waals surface area contributed by atoms with Crippen LogP contribution >= 0.6 is 22.7 Å². The number of para-hydroxylation sites is 3. The molecule has 7 aromatic carbocycles. The van der Waals surface area contributed by atoms with E-state index in [4.69, 9.17) is 0 Å². The maximum atomic E-state index is 2.44. The molecule has 0 bridgehead atoms. The Balaban J connectivity index is 1.24. The predicted molar refractivity (Wildman–Crippen MR) is 206 cm³/mol. The summed E-state index contributed by atoms with van der Waals surface area (Å²) < 4.78 is 5.21. The van der Waals surface area contributed by atoms with E-state index in [2.05, 4.69) is 181 Å². The summed E-state index contributed by atoms with van der Waals surface area (Å²) in [6, 6.07) is 59.2. The van der Waals surface area contributed by atoms with Crippen LogP contribution in [-0.4, -0.2) is 0 Å². The molecule has 2 nitrogen and oxygen atoms in total. The summed E-state index contributed by atoms with van der Waals surface area (Å²) in [6.07, 6.45) is 0. The van der Waals surface area contributed by atoms with Gasteiger partial charge in [-0.15, -0.1) is 22.7 Å². The van der Waals surface area contributed by atoms with Crippen molar-refractivity contribution in [3.05, 3.63) is 169 Å². The first-order valence-corrected chi connectivity index (χ1v) is 17.5. The number of nitrogens with zero attached hydrogens (tertiary/aromatic N) is 2. The fourth-order valence-electron chi connectivity index (χ4n) is 6.90. The SMILES string of the molecule is Cc1cc(N(c2ccccc2)c2cccc3sc4ccccc4c23)cc2sc3ccc(N(c4ccccc4)c4ccccc4)cc3c12. The Kier molecular flexibility index (Phi) is 6.77. The molecule has 0 fully saturated rings. The third kappa shape index (κ3) is 4.77. The molecule has 0 saturated heterocycles. The van der Waals surface area contributed by atoms with E-state index < -0.39 is 0 Å². The lowest BCUT2D eigenvalue weighted by Crippen LogP contribution is -2.10. The van der Waals surface area contributed by atoms with Crippen LogP contribution in [0, 0.1) is 6.92 Å². The van der Waals surface area contributed by atoms with E-state index in [-0.39, 0.29) is 0 Å². The minimum atomic E-state index is 1.14.